The molecule has 2 aromatic carbocycles. The molecule has 2 N–H and O–H groups in total. The zero-order valence-electron chi connectivity index (χ0n) is 10.8. The molecular formula is C15H15BO4. The first-order chi connectivity index (χ1) is 9.74. The monoisotopic (exact) mass is 270 g/mol. The van der Waals surface area contributed by atoms with Crippen molar-refractivity contribution in [1.29, 1.82) is 0 Å². The van der Waals surface area contributed by atoms with E-state index in [9.17, 15) is 0 Å². The van der Waals surface area contributed by atoms with Gasteiger partial charge >= 0.3 is 7.12 Å². The Morgan fingerprint density at radius 2 is 1.60 bits per heavy atom. The summed E-state index contributed by atoms with van der Waals surface area (Å²) in [5, 5.41) is 18.1. The molecule has 0 saturated carbocycles. The summed E-state index contributed by atoms with van der Waals surface area (Å²) in [7, 11) is -1.45. The highest BCUT2D eigenvalue weighted by Crippen LogP contribution is 2.34. The first kappa shape index (κ1) is 13.3. The van der Waals surface area contributed by atoms with Crippen LogP contribution in [0.5, 0.6) is 0 Å². The fourth-order valence-electron chi connectivity index (χ4n) is 2.25. The summed E-state index contributed by atoms with van der Waals surface area (Å²) in [5.74, 6) is 0. The molecule has 1 saturated heterocycles. The Labute approximate surface area is 117 Å². The van der Waals surface area contributed by atoms with E-state index >= 15 is 0 Å². The van der Waals surface area contributed by atoms with Gasteiger partial charge in [-0.05, 0) is 11.0 Å². The van der Waals surface area contributed by atoms with Crippen molar-refractivity contribution in [2.24, 2.45) is 0 Å². The normalized spacial score (nSPS) is 21.9. The Morgan fingerprint density at radius 1 is 0.900 bits per heavy atom. The lowest BCUT2D eigenvalue weighted by atomic mass is 9.80. The summed E-state index contributed by atoms with van der Waals surface area (Å²) in [5.41, 5.74) is 2.41. The van der Waals surface area contributed by atoms with Crippen LogP contribution in [0.4, 0.5) is 0 Å². The minimum atomic E-state index is -1.45. The topological polar surface area (TPSA) is 58.9 Å². The smallest absolute Gasteiger partial charge is 0.423 e. The first-order valence-corrected chi connectivity index (χ1v) is 6.52. The first-order valence-electron chi connectivity index (χ1n) is 6.52. The van der Waals surface area contributed by atoms with E-state index in [1.54, 1.807) is 24.3 Å². The molecule has 0 unspecified atom stereocenters. The number of ether oxygens (including phenoxy) is 2. The van der Waals surface area contributed by atoms with E-state index in [1.165, 1.54) is 0 Å². The van der Waals surface area contributed by atoms with Gasteiger partial charge in [0.1, 0.15) is 6.10 Å². The molecule has 0 spiro atoms. The average molecular weight is 270 g/mol. The van der Waals surface area contributed by atoms with Crippen LogP contribution in [-0.4, -0.2) is 23.8 Å². The molecule has 0 radical (unpaired) electrons. The fraction of sp³-hybridized carbons (Fsp3) is 0.200. The van der Waals surface area contributed by atoms with E-state index in [0.29, 0.717) is 12.1 Å². The summed E-state index contributed by atoms with van der Waals surface area (Å²) >= 11 is 0. The molecule has 1 heterocycles. The summed E-state index contributed by atoms with van der Waals surface area (Å²) < 4.78 is 11.5. The van der Waals surface area contributed by atoms with Crippen LogP contribution in [0, 0.1) is 0 Å². The van der Waals surface area contributed by atoms with Gasteiger partial charge in [-0.3, -0.25) is 0 Å². The molecule has 0 aliphatic carbocycles. The van der Waals surface area contributed by atoms with Gasteiger partial charge in [0, 0.05) is 5.56 Å². The van der Waals surface area contributed by atoms with Gasteiger partial charge in [-0.25, -0.2) is 0 Å². The molecule has 1 aliphatic heterocycles. The van der Waals surface area contributed by atoms with Gasteiger partial charge in [0.2, 0.25) is 0 Å². The number of rotatable bonds is 3. The van der Waals surface area contributed by atoms with Crippen LogP contribution >= 0.6 is 0 Å². The zero-order chi connectivity index (χ0) is 13.9. The van der Waals surface area contributed by atoms with E-state index in [4.69, 9.17) is 19.5 Å². The number of benzene rings is 2. The third-order valence-electron chi connectivity index (χ3n) is 3.36. The highest BCUT2D eigenvalue weighted by atomic mass is 16.7. The van der Waals surface area contributed by atoms with Crippen LogP contribution in [-0.2, 0) is 9.47 Å². The Kier molecular flexibility index (Phi) is 3.85. The van der Waals surface area contributed by atoms with E-state index in [2.05, 4.69) is 0 Å². The molecular weight excluding hydrogens is 255 g/mol. The maximum Gasteiger partial charge on any atom is 0.488 e. The lowest BCUT2D eigenvalue weighted by Gasteiger charge is -2.12. The van der Waals surface area contributed by atoms with E-state index in [0.717, 1.165) is 11.1 Å². The highest BCUT2D eigenvalue weighted by molar-refractivity contribution is 6.58. The van der Waals surface area contributed by atoms with Crippen molar-refractivity contribution in [1.82, 2.24) is 0 Å². The Hall–Kier alpha value is -1.66. The minimum absolute atomic E-state index is 0.0655. The third-order valence-corrected chi connectivity index (χ3v) is 3.36. The predicted octanol–water partition coefficient (Wildman–Crippen LogP) is 1.15. The van der Waals surface area contributed by atoms with Gasteiger partial charge in [0.15, 0.2) is 6.29 Å². The summed E-state index contributed by atoms with van der Waals surface area (Å²) in [6, 6.07) is 16.8. The second kappa shape index (κ2) is 5.77. The second-order valence-corrected chi connectivity index (χ2v) is 4.74. The Balaban J connectivity index is 1.71. The van der Waals surface area contributed by atoms with Crippen molar-refractivity contribution >= 4 is 12.6 Å². The quantitative estimate of drug-likeness (QED) is 0.821. The van der Waals surface area contributed by atoms with E-state index < -0.39 is 13.4 Å². The van der Waals surface area contributed by atoms with Crippen molar-refractivity contribution < 1.29 is 19.5 Å². The van der Waals surface area contributed by atoms with Crippen molar-refractivity contribution in [3.8, 4) is 0 Å². The summed E-state index contributed by atoms with van der Waals surface area (Å²) in [6.45, 7) is 0.513. The molecule has 1 aliphatic rings. The summed E-state index contributed by atoms with van der Waals surface area (Å²) in [6.07, 6.45) is -0.477. The zero-order valence-corrected chi connectivity index (χ0v) is 10.8. The molecule has 20 heavy (non-hydrogen) atoms. The largest absolute Gasteiger partial charge is 0.488 e. The van der Waals surface area contributed by atoms with Crippen LogP contribution in [0.25, 0.3) is 0 Å². The van der Waals surface area contributed by atoms with Gasteiger partial charge in [0.05, 0.1) is 6.61 Å². The highest BCUT2D eigenvalue weighted by Gasteiger charge is 2.28. The fourth-order valence-corrected chi connectivity index (χ4v) is 2.25. The maximum absolute atomic E-state index is 9.06. The number of hydrogen-bond acceptors (Lipinski definition) is 4. The third kappa shape index (κ3) is 2.76. The van der Waals surface area contributed by atoms with Crippen molar-refractivity contribution in [2.75, 3.05) is 6.61 Å². The maximum atomic E-state index is 9.06. The van der Waals surface area contributed by atoms with Crippen molar-refractivity contribution in [2.45, 2.75) is 12.4 Å². The SMILES string of the molecule is OB(O)c1ccc([C@H]2OC[C@@H](c3ccccc3)O2)cc1. The van der Waals surface area contributed by atoms with Crippen LogP contribution < -0.4 is 5.46 Å². The van der Waals surface area contributed by atoms with Crippen LogP contribution in [0.15, 0.2) is 54.6 Å². The molecule has 1 fully saturated rings. The van der Waals surface area contributed by atoms with E-state index in [1.807, 2.05) is 30.3 Å². The molecule has 4 nitrogen and oxygen atoms in total. The molecule has 2 atom stereocenters. The minimum Gasteiger partial charge on any atom is -0.423 e. The molecule has 0 aromatic heterocycles. The Bertz CT molecular complexity index is 556. The van der Waals surface area contributed by atoms with E-state index in [-0.39, 0.29) is 6.10 Å². The van der Waals surface area contributed by atoms with Crippen LogP contribution in [0.3, 0.4) is 0 Å². The summed E-state index contributed by atoms with van der Waals surface area (Å²) in [4.78, 5) is 0. The van der Waals surface area contributed by atoms with Crippen molar-refractivity contribution in [3.63, 3.8) is 0 Å². The molecule has 2 aromatic rings. The average Bonchev–Trinajstić information content (AvgIpc) is 2.98. The molecule has 3 rings (SSSR count). The Morgan fingerprint density at radius 3 is 2.25 bits per heavy atom. The van der Waals surface area contributed by atoms with Gasteiger partial charge in [-0.1, -0.05) is 54.6 Å². The lowest BCUT2D eigenvalue weighted by molar-refractivity contribution is -0.0607. The molecule has 0 amide bonds. The van der Waals surface area contributed by atoms with Crippen molar-refractivity contribution in [3.05, 3.63) is 65.7 Å². The molecule has 102 valence electrons. The predicted molar refractivity (Wildman–Crippen MR) is 75.2 cm³/mol. The van der Waals surface area contributed by atoms with Crippen LogP contribution in [0.2, 0.25) is 0 Å². The van der Waals surface area contributed by atoms with Gasteiger partial charge in [0.25, 0.3) is 0 Å². The second-order valence-electron chi connectivity index (χ2n) is 4.74. The molecule has 5 heteroatoms. The lowest BCUT2D eigenvalue weighted by Crippen LogP contribution is -2.29. The van der Waals surface area contributed by atoms with Gasteiger partial charge in [-0.2, -0.15) is 0 Å². The molecule has 0 bridgehead atoms. The van der Waals surface area contributed by atoms with Gasteiger partial charge < -0.3 is 19.5 Å². The van der Waals surface area contributed by atoms with Gasteiger partial charge in [-0.15, -0.1) is 0 Å². The van der Waals surface area contributed by atoms with Crippen LogP contribution in [0.1, 0.15) is 23.5 Å². The standard InChI is InChI=1S/C15H15BO4/c17-16(18)13-8-6-12(7-9-13)15-19-10-14(20-15)11-4-2-1-3-5-11/h1-9,14-15,17-18H,10H2/t14-,15-/m0/s1. The number of hydrogen-bond donors (Lipinski definition) is 2.